The molecule has 4 aromatic rings. The zero-order valence-corrected chi connectivity index (χ0v) is 13.6. The van der Waals surface area contributed by atoms with Crippen LogP contribution in [0.1, 0.15) is 17.0 Å². The first-order valence-corrected chi connectivity index (χ1v) is 8.38. The average Bonchev–Trinajstić information content (AvgIpc) is 2.93. The standard InChI is InChI=1S/C23H17N/c1-15-6-4-7-17(24-15)14-16-12-13-22-20-9-3-2-8-19(20)21-11-5-10-18(16)23(21)22/h2-13H,14H2,1H3. The third-order valence-electron chi connectivity index (χ3n) is 4.96. The Morgan fingerprint density at radius 1 is 0.667 bits per heavy atom. The predicted molar refractivity (Wildman–Crippen MR) is 100 cm³/mol. The molecule has 0 amide bonds. The lowest BCUT2D eigenvalue weighted by Crippen LogP contribution is -1.95. The molecule has 114 valence electrons. The summed E-state index contributed by atoms with van der Waals surface area (Å²) in [5, 5.41) is 2.74. The van der Waals surface area contributed by atoms with Crippen LogP contribution in [-0.2, 0) is 6.42 Å². The van der Waals surface area contributed by atoms with Crippen molar-refractivity contribution < 1.29 is 0 Å². The van der Waals surface area contributed by atoms with Crippen molar-refractivity contribution in [2.24, 2.45) is 0 Å². The van der Waals surface area contributed by atoms with Gasteiger partial charge in [0.25, 0.3) is 0 Å². The molecule has 1 heterocycles. The van der Waals surface area contributed by atoms with Gasteiger partial charge in [0, 0.05) is 17.8 Å². The topological polar surface area (TPSA) is 12.9 Å². The lowest BCUT2D eigenvalue weighted by Gasteiger charge is -2.09. The van der Waals surface area contributed by atoms with Crippen molar-refractivity contribution in [1.29, 1.82) is 0 Å². The Balaban J connectivity index is 1.73. The minimum Gasteiger partial charge on any atom is -0.258 e. The first-order valence-electron chi connectivity index (χ1n) is 8.38. The van der Waals surface area contributed by atoms with E-state index in [2.05, 4.69) is 71.7 Å². The van der Waals surface area contributed by atoms with Gasteiger partial charge < -0.3 is 0 Å². The van der Waals surface area contributed by atoms with E-state index in [1.807, 2.05) is 13.0 Å². The minimum absolute atomic E-state index is 0.873. The van der Waals surface area contributed by atoms with E-state index in [9.17, 15) is 0 Å². The Bertz CT molecular complexity index is 1060. The molecule has 0 bridgehead atoms. The molecule has 5 rings (SSSR count). The molecule has 0 fully saturated rings. The third kappa shape index (κ3) is 1.91. The maximum Gasteiger partial charge on any atom is 0.0450 e. The van der Waals surface area contributed by atoms with Crippen LogP contribution in [0.4, 0.5) is 0 Å². The van der Waals surface area contributed by atoms with Crippen LogP contribution in [0.3, 0.4) is 0 Å². The number of nitrogens with zero attached hydrogens (tertiary/aromatic N) is 1. The highest BCUT2D eigenvalue weighted by Crippen LogP contribution is 2.47. The summed E-state index contributed by atoms with van der Waals surface area (Å²) < 4.78 is 0. The molecule has 1 aliphatic carbocycles. The SMILES string of the molecule is Cc1cccc(Cc2ccc3c4c(cccc24)-c2ccccc2-3)n1. The molecule has 0 saturated carbocycles. The molecular formula is C23H17N. The lowest BCUT2D eigenvalue weighted by molar-refractivity contribution is 1.04. The van der Waals surface area contributed by atoms with E-state index in [-0.39, 0.29) is 0 Å². The van der Waals surface area contributed by atoms with Crippen LogP contribution in [-0.4, -0.2) is 4.98 Å². The maximum absolute atomic E-state index is 4.68. The van der Waals surface area contributed by atoms with Crippen molar-refractivity contribution in [3.05, 3.63) is 89.7 Å². The highest BCUT2D eigenvalue weighted by molar-refractivity contribution is 6.15. The maximum atomic E-state index is 4.68. The molecule has 0 unspecified atom stereocenters. The zero-order chi connectivity index (χ0) is 16.1. The number of aryl methyl sites for hydroxylation is 1. The quantitative estimate of drug-likeness (QED) is 0.403. The summed E-state index contributed by atoms with van der Waals surface area (Å²) in [4.78, 5) is 4.68. The fourth-order valence-corrected chi connectivity index (χ4v) is 3.92. The second-order valence-electron chi connectivity index (χ2n) is 6.49. The Hall–Kier alpha value is -2.93. The zero-order valence-electron chi connectivity index (χ0n) is 13.6. The summed E-state index contributed by atoms with van der Waals surface area (Å²) in [7, 11) is 0. The summed E-state index contributed by atoms with van der Waals surface area (Å²) >= 11 is 0. The van der Waals surface area contributed by atoms with Crippen molar-refractivity contribution in [2.75, 3.05) is 0 Å². The van der Waals surface area contributed by atoms with E-state index < -0.39 is 0 Å². The largest absolute Gasteiger partial charge is 0.258 e. The van der Waals surface area contributed by atoms with E-state index >= 15 is 0 Å². The van der Waals surface area contributed by atoms with Crippen LogP contribution in [0.15, 0.2) is 72.8 Å². The number of rotatable bonds is 2. The average molecular weight is 307 g/mol. The number of aromatic nitrogens is 1. The molecular weight excluding hydrogens is 290 g/mol. The summed E-state index contributed by atoms with van der Waals surface area (Å²) in [6.07, 6.45) is 0.873. The van der Waals surface area contributed by atoms with E-state index in [0.29, 0.717) is 0 Å². The smallest absolute Gasteiger partial charge is 0.0450 e. The minimum atomic E-state index is 0.873. The lowest BCUT2D eigenvalue weighted by atomic mass is 9.96. The van der Waals surface area contributed by atoms with Gasteiger partial charge >= 0.3 is 0 Å². The van der Waals surface area contributed by atoms with Gasteiger partial charge in [-0.2, -0.15) is 0 Å². The molecule has 24 heavy (non-hydrogen) atoms. The van der Waals surface area contributed by atoms with Gasteiger partial charge in [0.15, 0.2) is 0 Å². The summed E-state index contributed by atoms with van der Waals surface area (Å²) in [5.41, 5.74) is 8.97. The molecule has 1 nitrogen and oxygen atoms in total. The molecule has 1 aliphatic rings. The van der Waals surface area contributed by atoms with Gasteiger partial charge in [0.1, 0.15) is 0 Å². The summed E-state index contributed by atoms with van der Waals surface area (Å²) in [6.45, 7) is 2.05. The predicted octanol–water partition coefficient (Wildman–Crippen LogP) is 5.78. The molecule has 0 spiro atoms. The van der Waals surface area contributed by atoms with E-state index in [4.69, 9.17) is 0 Å². The van der Waals surface area contributed by atoms with Crippen LogP contribution >= 0.6 is 0 Å². The Morgan fingerprint density at radius 3 is 2.17 bits per heavy atom. The van der Waals surface area contributed by atoms with E-state index in [0.717, 1.165) is 17.8 Å². The first-order chi connectivity index (χ1) is 11.8. The first kappa shape index (κ1) is 13.5. The van der Waals surface area contributed by atoms with Gasteiger partial charge in [0.05, 0.1) is 0 Å². The second-order valence-corrected chi connectivity index (χ2v) is 6.49. The second kappa shape index (κ2) is 5.04. The van der Waals surface area contributed by atoms with Gasteiger partial charge in [-0.05, 0) is 57.6 Å². The molecule has 0 N–H and O–H groups in total. The van der Waals surface area contributed by atoms with Crippen molar-refractivity contribution in [3.63, 3.8) is 0 Å². The number of pyridine rings is 1. The van der Waals surface area contributed by atoms with Gasteiger partial charge in [0.2, 0.25) is 0 Å². The Kier molecular flexibility index (Phi) is 2.83. The fraction of sp³-hybridized carbons (Fsp3) is 0.0870. The Labute approximate surface area is 141 Å². The fourth-order valence-electron chi connectivity index (χ4n) is 3.92. The van der Waals surface area contributed by atoms with Gasteiger partial charge in [-0.25, -0.2) is 0 Å². The van der Waals surface area contributed by atoms with Gasteiger partial charge in [-0.15, -0.1) is 0 Å². The van der Waals surface area contributed by atoms with Crippen molar-refractivity contribution in [1.82, 2.24) is 4.98 Å². The number of benzene rings is 3. The van der Waals surface area contributed by atoms with Crippen LogP contribution < -0.4 is 0 Å². The Morgan fingerprint density at radius 2 is 1.38 bits per heavy atom. The van der Waals surface area contributed by atoms with E-state index in [1.165, 1.54) is 38.6 Å². The molecule has 0 saturated heterocycles. The van der Waals surface area contributed by atoms with Crippen LogP contribution in [0.2, 0.25) is 0 Å². The van der Waals surface area contributed by atoms with Gasteiger partial charge in [-0.1, -0.05) is 60.7 Å². The molecule has 0 atom stereocenters. The highest BCUT2D eigenvalue weighted by atomic mass is 14.7. The number of hydrogen-bond acceptors (Lipinski definition) is 1. The normalized spacial score (nSPS) is 11.7. The van der Waals surface area contributed by atoms with Crippen LogP contribution in [0.25, 0.3) is 33.0 Å². The number of fused-ring (bicyclic) bond motifs is 3. The highest BCUT2D eigenvalue weighted by Gasteiger charge is 2.21. The summed E-state index contributed by atoms with van der Waals surface area (Å²) in [6, 6.07) is 26.2. The molecule has 3 aromatic carbocycles. The number of hydrogen-bond donors (Lipinski definition) is 0. The van der Waals surface area contributed by atoms with Crippen molar-refractivity contribution in [2.45, 2.75) is 13.3 Å². The van der Waals surface area contributed by atoms with Crippen molar-refractivity contribution >= 4 is 10.8 Å². The van der Waals surface area contributed by atoms with Crippen LogP contribution in [0, 0.1) is 6.92 Å². The van der Waals surface area contributed by atoms with Crippen LogP contribution in [0.5, 0.6) is 0 Å². The summed E-state index contributed by atoms with van der Waals surface area (Å²) in [5.74, 6) is 0. The molecule has 1 aromatic heterocycles. The van der Waals surface area contributed by atoms with E-state index in [1.54, 1.807) is 0 Å². The molecule has 0 radical (unpaired) electrons. The third-order valence-corrected chi connectivity index (χ3v) is 4.96. The molecule has 0 aliphatic heterocycles. The molecule has 1 heteroatoms. The van der Waals surface area contributed by atoms with Crippen molar-refractivity contribution in [3.8, 4) is 22.3 Å². The monoisotopic (exact) mass is 307 g/mol. The van der Waals surface area contributed by atoms with Gasteiger partial charge in [-0.3, -0.25) is 4.98 Å².